The van der Waals surface area contributed by atoms with Gasteiger partial charge in [-0.2, -0.15) is 8.78 Å². The number of alkyl halides is 2. The Bertz CT molecular complexity index is 723. The van der Waals surface area contributed by atoms with Gasteiger partial charge in [-0.15, -0.1) is 0 Å². The minimum atomic E-state index is -3.00. The monoisotopic (exact) mass is 365 g/mol. The zero-order chi connectivity index (χ0) is 18.7. The summed E-state index contributed by atoms with van der Waals surface area (Å²) in [5, 5.41) is 0. The number of carbonyl (C=O) groups excluding carboxylic acids is 3. The number of rotatable bonds is 6. The fourth-order valence-electron chi connectivity index (χ4n) is 3.19. The summed E-state index contributed by atoms with van der Waals surface area (Å²) >= 11 is 0. The first-order valence-electron chi connectivity index (χ1n) is 8.16. The molecule has 1 heterocycles. The van der Waals surface area contributed by atoms with Gasteiger partial charge in [-0.3, -0.25) is 19.3 Å². The lowest BCUT2D eigenvalue weighted by molar-refractivity contribution is -0.153. The number of hydrogen-bond acceptors (Lipinski definition) is 5. The number of hydrogen-bond donors (Lipinski definition) is 0. The Morgan fingerprint density at radius 2 is 1.73 bits per heavy atom. The largest absolute Gasteiger partial charge is 0.459 e. The molecule has 2 unspecified atom stereocenters. The highest BCUT2D eigenvalue weighted by Gasteiger charge is 2.47. The highest BCUT2D eigenvalue weighted by atomic mass is 19.3. The van der Waals surface area contributed by atoms with Crippen LogP contribution in [0.25, 0.3) is 0 Å². The summed E-state index contributed by atoms with van der Waals surface area (Å²) < 4.78 is 34.2. The molecule has 138 valence electrons. The van der Waals surface area contributed by atoms with E-state index in [0.29, 0.717) is 12.8 Å². The van der Waals surface area contributed by atoms with Crippen molar-refractivity contribution >= 4 is 17.8 Å². The topological polar surface area (TPSA) is 72.9 Å². The number of para-hydroxylation sites is 1. The van der Waals surface area contributed by atoms with Crippen molar-refractivity contribution in [3.63, 3.8) is 0 Å². The summed E-state index contributed by atoms with van der Waals surface area (Å²) in [6.07, 6.45) is 4.68. The Hall–Kier alpha value is -2.77. The SMILES string of the molecule is O=C(CN1C(=O)C2CC=CCC2C1=O)OCc1ccccc1OC(F)F. The van der Waals surface area contributed by atoms with Crippen molar-refractivity contribution < 1.29 is 32.6 Å². The summed E-state index contributed by atoms with van der Waals surface area (Å²) in [4.78, 5) is 37.5. The van der Waals surface area contributed by atoms with E-state index in [1.54, 1.807) is 6.07 Å². The van der Waals surface area contributed by atoms with Crippen LogP contribution in [-0.4, -0.2) is 35.8 Å². The van der Waals surface area contributed by atoms with Crippen LogP contribution < -0.4 is 4.74 Å². The maximum absolute atomic E-state index is 12.4. The third-order valence-electron chi connectivity index (χ3n) is 4.46. The molecule has 0 spiro atoms. The number of esters is 1. The lowest BCUT2D eigenvalue weighted by Gasteiger charge is -2.15. The van der Waals surface area contributed by atoms with Gasteiger partial charge in [0, 0.05) is 5.56 Å². The molecule has 3 rings (SSSR count). The van der Waals surface area contributed by atoms with E-state index in [1.807, 2.05) is 12.2 Å². The number of amides is 2. The minimum absolute atomic E-state index is 0.0966. The second kappa shape index (κ2) is 7.63. The van der Waals surface area contributed by atoms with Crippen LogP contribution >= 0.6 is 0 Å². The third kappa shape index (κ3) is 3.74. The van der Waals surface area contributed by atoms with Gasteiger partial charge in [0.05, 0.1) is 11.8 Å². The second-order valence-electron chi connectivity index (χ2n) is 6.07. The van der Waals surface area contributed by atoms with Gasteiger partial charge in [-0.05, 0) is 18.9 Å². The first-order chi connectivity index (χ1) is 12.5. The van der Waals surface area contributed by atoms with Crippen molar-refractivity contribution in [2.45, 2.75) is 26.1 Å². The number of benzene rings is 1. The molecule has 1 saturated heterocycles. The molecule has 0 aromatic heterocycles. The van der Waals surface area contributed by atoms with Crippen LogP contribution in [0.5, 0.6) is 5.75 Å². The Morgan fingerprint density at radius 3 is 2.35 bits per heavy atom. The summed E-state index contributed by atoms with van der Waals surface area (Å²) in [5.74, 6) is -2.46. The molecule has 0 radical (unpaired) electrons. The standard InChI is InChI=1S/C18H17F2NO5/c19-18(20)26-14-8-4-1-5-11(14)10-25-15(22)9-21-16(23)12-6-2-3-7-13(12)17(21)24/h1-5,8,12-13,18H,6-7,9-10H2. The van der Waals surface area contributed by atoms with Crippen molar-refractivity contribution in [2.75, 3.05) is 6.54 Å². The average molecular weight is 365 g/mol. The molecule has 2 amide bonds. The normalized spacial score (nSPS) is 21.9. The molecular weight excluding hydrogens is 348 g/mol. The average Bonchev–Trinajstić information content (AvgIpc) is 2.86. The fourth-order valence-corrected chi connectivity index (χ4v) is 3.19. The predicted octanol–water partition coefficient (Wildman–Crippen LogP) is 2.28. The van der Waals surface area contributed by atoms with Crippen LogP contribution in [0.2, 0.25) is 0 Å². The number of halogens is 2. The molecule has 1 aliphatic carbocycles. The van der Waals surface area contributed by atoms with E-state index in [4.69, 9.17) is 4.74 Å². The van der Waals surface area contributed by atoms with Crippen LogP contribution in [0.3, 0.4) is 0 Å². The molecule has 2 aliphatic rings. The fraction of sp³-hybridized carbons (Fsp3) is 0.389. The molecule has 8 heteroatoms. The molecule has 1 aromatic rings. The van der Waals surface area contributed by atoms with Gasteiger partial charge < -0.3 is 9.47 Å². The van der Waals surface area contributed by atoms with Gasteiger partial charge in [0.15, 0.2) is 0 Å². The van der Waals surface area contributed by atoms with Gasteiger partial charge in [0.25, 0.3) is 0 Å². The zero-order valence-corrected chi connectivity index (χ0v) is 13.8. The lowest BCUT2D eigenvalue weighted by Crippen LogP contribution is -2.36. The molecule has 1 fully saturated rings. The van der Waals surface area contributed by atoms with Gasteiger partial charge in [-0.25, -0.2) is 0 Å². The van der Waals surface area contributed by atoms with Crippen molar-refractivity contribution in [1.29, 1.82) is 0 Å². The van der Waals surface area contributed by atoms with E-state index < -0.39 is 31.0 Å². The number of ether oxygens (including phenoxy) is 2. The first-order valence-corrected chi connectivity index (χ1v) is 8.16. The maximum atomic E-state index is 12.4. The van der Waals surface area contributed by atoms with Gasteiger partial charge in [-0.1, -0.05) is 30.4 Å². The van der Waals surface area contributed by atoms with Gasteiger partial charge >= 0.3 is 12.6 Å². The molecule has 26 heavy (non-hydrogen) atoms. The molecule has 1 aromatic carbocycles. The van der Waals surface area contributed by atoms with E-state index in [2.05, 4.69) is 4.74 Å². The quantitative estimate of drug-likeness (QED) is 0.439. The number of carbonyl (C=O) groups is 3. The smallest absolute Gasteiger partial charge is 0.387 e. The highest BCUT2D eigenvalue weighted by molar-refractivity contribution is 6.07. The zero-order valence-electron chi connectivity index (χ0n) is 13.8. The lowest BCUT2D eigenvalue weighted by atomic mass is 9.85. The Morgan fingerprint density at radius 1 is 1.12 bits per heavy atom. The van der Waals surface area contributed by atoms with E-state index >= 15 is 0 Å². The Labute approximate surface area is 148 Å². The van der Waals surface area contributed by atoms with Crippen LogP contribution in [-0.2, 0) is 25.7 Å². The number of likely N-dealkylation sites (tertiary alicyclic amines) is 1. The minimum Gasteiger partial charge on any atom is -0.459 e. The highest BCUT2D eigenvalue weighted by Crippen LogP contribution is 2.34. The van der Waals surface area contributed by atoms with Crippen LogP contribution in [0.1, 0.15) is 18.4 Å². The number of fused-ring (bicyclic) bond motifs is 1. The second-order valence-corrected chi connectivity index (χ2v) is 6.07. The summed E-state index contributed by atoms with van der Waals surface area (Å²) in [5.41, 5.74) is 0.262. The Kier molecular flexibility index (Phi) is 5.29. The summed E-state index contributed by atoms with van der Waals surface area (Å²) in [6.45, 7) is -3.78. The van der Waals surface area contributed by atoms with Gasteiger partial charge in [0.2, 0.25) is 11.8 Å². The molecule has 6 nitrogen and oxygen atoms in total. The van der Waals surface area contributed by atoms with Crippen molar-refractivity contribution in [3.8, 4) is 5.75 Å². The van der Waals surface area contributed by atoms with E-state index in [0.717, 1.165) is 4.90 Å². The van der Waals surface area contributed by atoms with Crippen LogP contribution in [0.15, 0.2) is 36.4 Å². The van der Waals surface area contributed by atoms with E-state index in [-0.39, 0.29) is 29.7 Å². The van der Waals surface area contributed by atoms with Crippen molar-refractivity contribution in [2.24, 2.45) is 11.8 Å². The van der Waals surface area contributed by atoms with Crippen LogP contribution in [0, 0.1) is 11.8 Å². The molecule has 2 atom stereocenters. The number of allylic oxidation sites excluding steroid dienone is 2. The molecular formula is C18H17F2NO5. The third-order valence-corrected chi connectivity index (χ3v) is 4.46. The maximum Gasteiger partial charge on any atom is 0.387 e. The predicted molar refractivity (Wildman–Crippen MR) is 84.9 cm³/mol. The summed E-state index contributed by atoms with van der Waals surface area (Å²) in [7, 11) is 0. The molecule has 1 aliphatic heterocycles. The van der Waals surface area contributed by atoms with E-state index in [1.165, 1.54) is 18.2 Å². The first kappa shape index (κ1) is 18.0. The van der Waals surface area contributed by atoms with Crippen molar-refractivity contribution in [1.82, 2.24) is 4.90 Å². The number of nitrogens with zero attached hydrogens (tertiary/aromatic N) is 1. The molecule has 0 bridgehead atoms. The van der Waals surface area contributed by atoms with Gasteiger partial charge in [0.1, 0.15) is 18.9 Å². The summed E-state index contributed by atoms with van der Waals surface area (Å²) in [6, 6.07) is 5.92. The van der Waals surface area contributed by atoms with E-state index in [9.17, 15) is 23.2 Å². The molecule has 0 N–H and O–H groups in total. The van der Waals surface area contributed by atoms with Crippen LogP contribution in [0.4, 0.5) is 8.78 Å². The molecule has 0 saturated carbocycles. The van der Waals surface area contributed by atoms with Crippen molar-refractivity contribution in [3.05, 3.63) is 42.0 Å². The number of imide groups is 1. The Balaban J connectivity index is 1.58.